The summed E-state index contributed by atoms with van der Waals surface area (Å²) in [5.74, 6) is 2.67. The van der Waals surface area contributed by atoms with Crippen LogP contribution in [-0.2, 0) is 6.54 Å². The van der Waals surface area contributed by atoms with Crippen molar-refractivity contribution in [1.82, 2.24) is 4.90 Å². The maximum Gasteiger partial charge on any atom is 0.141 e. The topological polar surface area (TPSA) is 24.5 Å². The summed E-state index contributed by atoms with van der Waals surface area (Å²) in [5, 5.41) is 3.62. The summed E-state index contributed by atoms with van der Waals surface area (Å²) in [6, 6.07) is 6.45. The lowest BCUT2D eigenvalue weighted by molar-refractivity contribution is 0.300. The Morgan fingerprint density at radius 3 is 2.52 bits per heavy atom. The number of benzene rings is 1. The minimum absolute atomic E-state index is 0.809. The van der Waals surface area contributed by atoms with Gasteiger partial charge in [-0.05, 0) is 56.5 Å². The fourth-order valence-electron chi connectivity index (χ4n) is 3.14. The molecular weight excluding hydrogens is 260 g/mol. The molecule has 0 atom stereocenters. The third kappa shape index (κ3) is 4.92. The highest BCUT2D eigenvalue weighted by molar-refractivity contribution is 5.58. The van der Waals surface area contributed by atoms with Gasteiger partial charge >= 0.3 is 0 Å². The number of rotatable bonds is 6. The smallest absolute Gasteiger partial charge is 0.141 e. The van der Waals surface area contributed by atoms with E-state index in [1.54, 1.807) is 7.11 Å². The predicted molar refractivity (Wildman–Crippen MR) is 90.0 cm³/mol. The van der Waals surface area contributed by atoms with Crippen molar-refractivity contribution in [1.29, 1.82) is 0 Å². The summed E-state index contributed by atoms with van der Waals surface area (Å²) in [6.45, 7) is 4.39. The van der Waals surface area contributed by atoms with Crippen molar-refractivity contribution in [3.63, 3.8) is 0 Å². The summed E-state index contributed by atoms with van der Waals surface area (Å²) in [5.41, 5.74) is 2.45. The van der Waals surface area contributed by atoms with Crippen molar-refractivity contribution < 1.29 is 4.74 Å². The van der Waals surface area contributed by atoms with Crippen molar-refractivity contribution >= 4 is 5.69 Å². The molecule has 0 aliphatic heterocycles. The van der Waals surface area contributed by atoms with E-state index < -0.39 is 0 Å². The maximum absolute atomic E-state index is 5.49. The van der Waals surface area contributed by atoms with Crippen LogP contribution in [0.15, 0.2) is 18.2 Å². The molecule has 3 nitrogen and oxygen atoms in total. The second-order valence-corrected chi connectivity index (χ2v) is 6.78. The summed E-state index contributed by atoms with van der Waals surface area (Å²) in [4.78, 5) is 2.19. The van der Waals surface area contributed by atoms with Gasteiger partial charge in [-0.25, -0.2) is 0 Å². The molecule has 118 valence electrons. The highest BCUT2D eigenvalue weighted by Crippen LogP contribution is 2.30. The standard InChI is InChI=1S/C18H30N2O/c1-14-5-7-15(8-6-14)12-19-17-11-16(13-20(2)3)9-10-18(17)21-4/h9-11,14-15,19H,5-8,12-13H2,1-4H3. The first-order valence-corrected chi connectivity index (χ1v) is 8.14. The van der Waals surface area contributed by atoms with Gasteiger partial charge in [0, 0.05) is 13.1 Å². The van der Waals surface area contributed by atoms with E-state index in [0.717, 1.165) is 36.4 Å². The minimum atomic E-state index is 0.809. The molecule has 0 radical (unpaired) electrons. The maximum atomic E-state index is 5.49. The fraction of sp³-hybridized carbons (Fsp3) is 0.667. The van der Waals surface area contributed by atoms with Crippen LogP contribution in [0.1, 0.15) is 38.2 Å². The van der Waals surface area contributed by atoms with Gasteiger partial charge in [0.05, 0.1) is 12.8 Å². The van der Waals surface area contributed by atoms with Crippen molar-refractivity contribution in [3.05, 3.63) is 23.8 Å². The summed E-state index contributed by atoms with van der Waals surface area (Å²) >= 11 is 0. The Hall–Kier alpha value is -1.22. The number of nitrogens with one attached hydrogen (secondary N) is 1. The van der Waals surface area contributed by atoms with E-state index in [1.165, 1.54) is 31.2 Å². The number of ether oxygens (including phenoxy) is 1. The molecule has 0 heterocycles. The van der Waals surface area contributed by atoms with Crippen molar-refractivity contribution in [2.45, 2.75) is 39.2 Å². The van der Waals surface area contributed by atoms with E-state index in [4.69, 9.17) is 4.74 Å². The highest BCUT2D eigenvalue weighted by atomic mass is 16.5. The summed E-state index contributed by atoms with van der Waals surface area (Å²) in [6.07, 6.45) is 5.47. The Morgan fingerprint density at radius 2 is 1.90 bits per heavy atom. The monoisotopic (exact) mass is 290 g/mol. The van der Waals surface area contributed by atoms with Crippen LogP contribution in [0.4, 0.5) is 5.69 Å². The Labute approximate surface area is 129 Å². The molecule has 2 rings (SSSR count). The van der Waals surface area contributed by atoms with Gasteiger partial charge in [-0.3, -0.25) is 0 Å². The second-order valence-electron chi connectivity index (χ2n) is 6.78. The molecule has 1 aliphatic carbocycles. The number of nitrogens with zero attached hydrogens (tertiary/aromatic N) is 1. The lowest BCUT2D eigenvalue weighted by Crippen LogP contribution is -2.20. The molecule has 1 N–H and O–H groups in total. The number of hydrogen-bond donors (Lipinski definition) is 1. The van der Waals surface area contributed by atoms with E-state index >= 15 is 0 Å². The molecule has 0 spiro atoms. The van der Waals surface area contributed by atoms with E-state index in [9.17, 15) is 0 Å². The zero-order chi connectivity index (χ0) is 15.2. The zero-order valence-electron chi connectivity index (χ0n) is 14.0. The quantitative estimate of drug-likeness (QED) is 0.857. The fourth-order valence-corrected chi connectivity index (χ4v) is 3.14. The van der Waals surface area contributed by atoms with Crippen molar-refractivity contribution in [2.24, 2.45) is 11.8 Å². The van der Waals surface area contributed by atoms with E-state index in [0.29, 0.717) is 0 Å². The average Bonchev–Trinajstić information content (AvgIpc) is 2.46. The van der Waals surface area contributed by atoms with Gasteiger partial charge in [0.2, 0.25) is 0 Å². The van der Waals surface area contributed by atoms with Crippen LogP contribution < -0.4 is 10.1 Å². The van der Waals surface area contributed by atoms with Crippen molar-refractivity contribution in [3.8, 4) is 5.75 Å². The molecule has 1 fully saturated rings. The Kier molecular flexibility index (Phi) is 5.92. The number of anilines is 1. The van der Waals surface area contributed by atoms with Crippen LogP contribution in [-0.4, -0.2) is 32.6 Å². The predicted octanol–water partition coefficient (Wildman–Crippen LogP) is 4.00. The van der Waals surface area contributed by atoms with Crippen LogP contribution in [0.3, 0.4) is 0 Å². The molecule has 21 heavy (non-hydrogen) atoms. The first kappa shape index (κ1) is 16.2. The third-order valence-corrected chi connectivity index (χ3v) is 4.48. The highest BCUT2D eigenvalue weighted by Gasteiger charge is 2.18. The Bertz CT molecular complexity index is 437. The normalized spacial score (nSPS) is 22.3. The van der Waals surface area contributed by atoms with E-state index in [2.05, 4.69) is 49.4 Å². The van der Waals surface area contributed by atoms with Crippen LogP contribution in [0.5, 0.6) is 5.75 Å². The van der Waals surface area contributed by atoms with Gasteiger partial charge in [0.25, 0.3) is 0 Å². The zero-order valence-corrected chi connectivity index (χ0v) is 14.0. The van der Waals surface area contributed by atoms with E-state index in [-0.39, 0.29) is 0 Å². The first-order chi connectivity index (χ1) is 10.1. The number of hydrogen-bond acceptors (Lipinski definition) is 3. The molecule has 1 saturated carbocycles. The largest absolute Gasteiger partial charge is 0.495 e. The van der Waals surface area contributed by atoms with Crippen LogP contribution in [0.25, 0.3) is 0 Å². The van der Waals surface area contributed by atoms with Gasteiger partial charge in [0.15, 0.2) is 0 Å². The molecule has 0 amide bonds. The van der Waals surface area contributed by atoms with Gasteiger partial charge in [-0.15, -0.1) is 0 Å². The van der Waals surface area contributed by atoms with Crippen LogP contribution >= 0.6 is 0 Å². The molecule has 1 aliphatic rings. The molecule has 0 aromatic heterocycles. The van der Waals surface area contributed by atoms with Gasteiger partial charge in [-0.2, -0.15) is 0 Å². The number of methoxy groups -OCH3 is 1. The summed E-state index contributed by atoms with van der Waals surface area (Å²) in [7, 11) is 5.94. The summed E-state index contributed by atoms with van der Waals surface area (Å²) < 4.78 is 5.49. The molecule has 0 saturated heterocycles. The van der Waals surface area contributed by atoms with Gasteiger partial charge in [0.1, 0.15) is 5.75 Å². The van der Waals surface area contributed by atoms with Crippen LogP contribution in [0, 0.1) is 11.8 Å². The molecular formula is C18H30N2O. The lowest BCUT2D eigenvalue weighted by Gasteiger charge is -2.27. The van der Waals surface area contributed by atoms with Crippen LogP contribution in [0.2, 0.25) is 0 Å². The molecule has 0 bridgehead atoms. The molecule has 1 aromatic carbocycles. The Balaban J connectivity index is 1.96. The molecule has 1 aromatic rings. The Morgan fingerprint density at radius 1 is 1.19 bits per heavy atom. The minimum Gasteiger partial charge on any atom is -0.495 e. The third-order valence-electron chi connectivity index (χ3n) is 4.48. The second kappa shape index (κ2) is 7.69. The first-order valence-electron chi connectivity index (χ1n) is 8.14. The SMILES string of the molecule is COc1ccc(CN(C)C)cc1NCC1CCC(C)CC1. The lowest BCUT2D eigenvalue weighted by atomic mass is 9.83. The average molecular weight is 290 g/mol. The van der Waals surface area contributed by atoms with Crippen molar-refractivity contribution in [2.75, 3.05) is 33.1 Å². The van der Waals surface area contributed by atoms with Gasteiger partial charge < -0.3 is 15.0 Å². The van der Waals surface area contributed by atoms with E-state index in [1.807, 2.05) is 0 Å². The molecule has 0 unspecified atom stereocenters. The van der Waals surface area contributed by atoms with Gasteiger partial charge in [-0.1, -0.05) is 25.8 Å². The molecule has 3 heteroatoms.